The number of likely N-dealkylation sites (N-methyl/N-ethyl adjacent to an activating group) is 2. The lowest BCUT2D eigenvalue weighted by Crippen LogP contribution is -2.35. The molecule has 0 aromatic carbocycles. The van der Waals surface area contributed by atoms with Gasteiger partial charge in [0.05, 0.1) is 5.39 Å². The van der Waals surface area contributed by atoms with Gasteiger partial charge in [-0.15, -0.1) is 0 Å². The third-order valence-corrected chi connectivity index (χ3v) is 7.03. The number of aromatic amines is 1. The number of aromatic nitrogens is 4. The molecule has 4 heterocycles. The van der Waals surface area contributed by atoms with Gasteiger partial charge in [-0.3, -0.25) is 0 Å². The molecule has 1 atom stereocenters. The second-order valence-electron chi connectivity index (χ2n) is 7.99. The molecule has 0 unspecified atom stereocenters. The quantitative estimate of drug-likeness (QED) is 0.528. The molecule has 3 aromatic rings. The highest BCUT2D eigenvalue weighted by Gasteiger charge is 2.28. The van der Waals surface area contributed by atoms with Crippen LogP contribution in [0.3, 0.4) is 0 Å². The van der Waals surface area contributed by atoms with Gasteiger partial charge in [-0.05, 0) is 38.7 Å². The van der Waals surface area contributed by atoms with E-state index in [4.69, 9.17) is 0 Å². The Hall–Kier alpha value is -2.76. The fourth-order valence-corrected chi connectivity index (χ4v) is 4.74. The van der Waals surface area contributed by atoms with Crippen LogP contribution in [0.5, 0.6) is 0 Å². The molecule has 0 radical (unpaired) electrons. The summed E-state index contributed by atoms with van der Waals surface area (Å²) in [6.45, 7) is 2.68. The van der Waals surface area contributed by atoms with E-state index >= 15 is 0 Å². The number of H-pyrrole nitrogens is 1. The first-order valence-corrected chi connectivity index (χ1v) is 11.7. The van der Waals surface area contributed by atoms with Crippen molar-refractivity contribution >= 4 is 32.7 Å². The zero-order chi connectivity index (χ0) is 22.0. The van der Waals surface area contributed by atoms with Crippen LogP contribution in [0.1, 0.15) is 6.42 Å². The lowest BCUT2D eigenvalue weighted by molar-refractivity contribution is 0.412. The first-order chi connectivity index (χ1) is 14.8. The topological polar surface area (TPSA) is 110 Å². The summed E-state index contributed by atoms with van der Waals surface area (Å²) in [6.07, 6.45) is 5.83. The van der Waals surface area contributed by atoms with E-state index in [0.717, 1.165) is 42.2 Å². The van der Waals surface area contributed by atoms with Crippen LogP contribution >= 0.6 is 0 Å². The minimum Gasteiger partial charge on any atom is -0.355 e. The highest BCUT2D eigenvalue weighted by molar-refractivity contribution is 7.89. The lowest BCUT2D eigenvalue weighted by atomic mass is 10.2. The smallest absolute Gasteiger partial charge is 0.242 e. The molecule has 3 aromatic heterocycles. The number of fused-ring (bicyclic) bond motifs is 1. The van der Waals surface area contributed by atoms with Crippen LogP contribution in [0, 0.1) is 0 Å². The first kappa shape index (κ1) is 21.5. The van der Waals surface area contributed by atoms with Crippen molar-refractivity contribution in [3.8, 4) is 0 Å². The average molecular weight is 445 g/mol. The van der Waals surface area contributed by atoms with Crippen molar-refractivity contribution in [1.29, 1.82) is 0 Å². The van der Waals surface area contributed by atoms with Crippen molar-refractivity contribution in [3.05, 3.63) is 36.9 Å². The van der Waals surface area contributed by atoms with E-state index in [1.54, 1.807) is 18.5 Å². The normalized spacial score (nSPS) is 17.0. The molecule has 0 aliphatic carbocycles. The minimum atomic E-state index is -3.56. The molecule has 0 amide bonds. The van der Waals surface area contributed by atoms with Gasteiger partial charge in [-0.1, -0.05) is 0 Å². The number of hydrogen-bond donors (Lipinski definition) is 2. The zero-order valence-corrected chi connectivity index (χ0v) is 18.8. The van der Waals surface area contributed by atoms with Crippen LogP contribution in [0.25, 0.3) is 11.0 Å². The van der Waals surface area contributed by atoms with E-state index in [1.165, 1.54) is 6.20 Å². The van der Waals surface area contributed by atoms with Gasteiger partial charge in [0.25, 0.3) is 0 Å². The number of pyridine rings is 1. The number of hydrogen-bond acceptors (Lipinski definition) is 8. The molecule has 2 N–H and O–H groups in total. The molecule has 0 spiro atoms. The average Bonchev–Trinajstić information content (AvgIpc) is 3.42. The summed E-state index contributed by atoms with van der Waals surface area (Å²) in [4.78, 5) is 22.7. The summed E-state index contributed by atoms with van der Waals surface area (Å²) in [5.74, 6) is 1.67. The van der Waals surface area contributed by atoms with Crippen LogP contribution < -0.4 is 14.5 Å². The van der Waals surface area contributed by atoms with Gasteiger partial charge >= 0.3 is 0 Å². The van der Waals surface area contributed by atoms with Gasteiger partial charge in [0.15, 0.2) is 0 Å². The number of rotatable bonds is 8. The molecule has 31 heavy (non-hydrogen) atoms. The second-order valence-corrected chi connectivity index (χ2v) is 9.76. The van der Waals surface area contributed by atoms with E-state index in [1.807, 2.05) is 38.3 Å². The highest BCUT2D eigenvalue weighted by atomic mass is 32.2. The molecule has 10 nitrogen and oxygen atoms in total. The van der Waals surface area contributed by atoms with Gasteiger partial charge < -0.3 is 19.7 Å². The molecule has 1 fully saturated rings. The van der Waals surface area contributed by atoms with Gasteiger partial charge in [0, 0.05) is 51.7 Å². The molecule has 1 aliphatic heterocycles. The predicted molar refractivity (Wildman–Crippen MR) is 121 cm³/mol. The maximum Gasteiger partial charge on any atom is 0.242 e. The summed E-state index contributed by atoms with van der Waals surface area (Å²) >= 11 is 0. The van der Waals surface area contributed by atoms with Crippen LogP contribution in [0.15, 0.2) is 41.8 Å². The summed E-state index contributed by atoms with van der Waals surface area (Å²) in [7, 11) is 2.23. The second kappa shape index (κ2) is 8.77. The standard InChI is InChI=1S/C20H28N8O2S/c1-26(2)11-9-25-31(29,30)16-4-5-18(22-12-16)27(3)15-7-10-28(13-15)20-17-6-8-21-19(17)23-14-24-20/h4-6,8,12,14-15,25H,7,9-11,13H2,1-3H3,(H,21,23,24)/t15-/m1/s1. The number of anilines is 2. The van der Waals surface area contributed by atoms with E-state index < -0.39 is 10.0 Å². The maximum absolute atomic E-state index is 12.4. The van der Waals surface area contributed by atoms with E-state index in [-0.39, 0.29) is 10.9 Å². The van der Waals surface area contributed by atoms with Crippen LogP contribution in [-0.4, -0.2) is 86.6 Å². The highest BCUT2D eigenvalue weighted by Crippen LogP contribution is 2.28. The summed E-state index contributed by atoms with van der Waals surface area (Å²) in [5, 5.41) is 1.01. The molecular weight excluding hydrogens is 416 g/mol. The van der Waals surface area contributed by atoms with Crippen LogP contribution in [-0.2, 0) is 10.0 Å². The van der Waals surface area contributed by atoms with Gasteiger partial charge in [0.2, 0.25) is 10.0 Å². The van der Waals surface area contributed by atoms with Crippen LogP contribution in [0.4, 0.5) is 11.6 Å². The minimum absolute atomic E-state index is 0.173. The Morgan fingerprint density at radius 1 is 1.19 bits per heavy atom. The number of sulfonamides is 1. The zero-order valence-electron chi connectivity index (χ0n) is 18.0. The van der Waals surface area contributed by atoms with E-state index in [9.17, 15) is 8.42 Å². The monoisotopic (exact) mass is 444 g/mol. The SMILES string of the molecule is CN(C)CCNS(=O)(=O)c1ccc(N(C)[C@@H]2CCN(c3ncnc4[nH]ccc34)C2)nc1. The molecule has 0 saturated carbocycles. The molecule has 11 heteroatoms. The van der Waals surface area contributed by atoms with Crippen molar-refractivity contribution in [2.75, 3.05) is 57.1 Å². The van der Waals surface area contributed by atoms with Crippen molar-refractivity contribution < 1.29 is 8.42 Å². The third kappa shape index (κ3) is 4.63. The van der Waals surface area contributed by atoms with Crippen molar-refractivity contribution in [3.63, 3.8) is 0 Å². The Balaban J connectivity index is 1.42. The Morgan fingerprint density at radius 2 is 2.03 bits per heavy atom. The third-order valence-electron chi connectivity index (χ3n) is 5.59. The molecule has 1 saturated heterocycles. The Bertz CT molecular complexity index is 1130. The fourth-order valence-electron chi connectivity index (χ4n) is 3.78. The summed E-state index contributed by atoms with van der Waals surface area (Å²) < 4.78 is 27.5. The molecular formula is C20H28N8O2S. The fraction of sp³-hybridized carbons (Fsp3) is 0.450. The van der Waals surface area contributed by atoms with Gasteiger partial charge in [0.1, 0.15) is 28.5 Å². The number of nitrogens with one attached hydrogen (secondary N) is 2. The summed E-state index contributed by atoms with van der Waals surface area (Å²) in [5.41, 5.74) is 0.833. The van der Waals surface area contributed by atoms with Crippen molar-refractivity contribution in [2.45, 2.75) is 17.4 Å². The van der Waals surface area contributed by atoms with Crippen LogP contribution in [0.2, 0.25) is 0 Å². The van der Waals surface area contributed by atoms with Gasteiger partial charge in [-0.2, -0.15) is 0 Å². The molecule has 1 aliphatic rings. The molecule has 166 valence electrons. The maximum atomic E-state index is 12.4. The van der Waals surface area contributed by atoms with Crippen molar-refractivity contribution in [1.82, 2.24) is 29.6 Å². The Morgan fingerprint density at radius 3 is 2.77 bits per heavy atom. The predicted octanol–water partition coefficient (Wildman–Crippen LogP) is 0.908. The Labute approximate surface area is 182 Å². The van der Waals surface area contributed by atoms with Crippen molar-refractivity contribution in [2.24, 2.45) is 0 Å². The summed E-state index contributed by atoms with van der Waals surface area (Å²) in [6, 6.07) is 5.61. The largest absolute Gasteiger partial charge is 0.355 e. The van der Waals surface area contributed by atoms with E-state index in [2.05, 4.69) is 34.5 Å². The first-order valence-electron chi connectivity index (χ1n) is 10.2. The van der Waals surface area contributed by atoms with Gasteiger partial charge in [-0.25, -0.2) is 28.1 Å². The number of nitrogens with zero attached hydrogens (tertiary/aromatic N) is 6. The lowest BCUT2D eigenvalue weighted by Gasteiger charge is -2.26. The van der Waals surface area contributed by atoms with E-state index in [0.29, 0.717) is 13.1 Å². The molecule has 4 rings (SSSR count). The molecule has 0 bridgehead atoms. The Kier molecular flexibility index (Phi) is 6.08.